The number of hydrogen-bond acceptors (Lipinski definition) is 5. The molecule has 1 aromatic heterocycles. The standard InChI is InChI=1S/C20H29N3O3S/c1-26-16-18-10-12-22(14-18)15-19-13-21-20(27(2,24)25)23(19)11-6-9-17-7-4-3-5-8-17/h3-5,7-8,13,18H,6,9-12,14-16H2,1-2H3. The highest BCUT2D eigenvalue weighted by atomic mass is 32.2. The van der Waals surface area contributed by atoms with Crippen molar-refractivity contribution in [2.75, 3.05) is 33.1 Å². The van der Waals surface area contributed by atoms with Gasteiger partial charge in [0.05, 0.1) is 18.5 Å². The molecule has 27 heavy (non-hydrogen) atoms. The molecule has 0 bridgehead atoms. The predicted molar refractivity (Wildman–Crippen MR) is 105 cm³/mol. The van der Waals surface area contributed by atoms with Gasteiger partial charge in [0.25, 0.3) is 0 Å². The molecule has 0 spiro atoms. The van der Waals surface area contributed by atoms with Gasteiger partial charge in [0.1, 0.15) is 0 Å². The lowest BCUT2D eigenvalue weighted by Crippen LogP contribution is -2.23. The number of methoxy groups -OCH3 is 1. The van der Waals surface area contributed by atoms with Crippen molar-refractivity contribution in [1.29, 1.82) is 0 Å². The van der Waals surface area contributed by atoms with Gasteiger partial charge in [-0.05, 0) is 37.3 Å². The summed E-state index contributed by atoms with van der Waals surface area (Å²) in [6.07, 6.45) is 5.87. The summed E-state index contributed by atoms with van der Waals surface area (Å²) in [6.45, 7) is 4.16. The minimum atomic E-state index is -3.35. The van der Waals surface area contributed by atoms with Crippen molar-refractivity contribution in [3.05, 3.63) is 47.8 Å². The quantitative estimate of drug-likeness (QED) is 0.657. The number of hydrogen-bond donors (Lipinski definition) is 0. The fourth-order valence-electron chi connectivity index (χ4n) is 3.80. The maximum absolute atomic E-state index is 12.2. The molecular weight excluding hydrogens is 362 g/mol. The van der Waals surface area contributed by atoms with Crippen molar-refractivity contribution in [3.63, 3.8) is 0 Å². The first-order valence-corrected chi connectivity index (χ1v) is 11.4. The van der Waals surface area contributed by atoms with E-state index in [1.807, 2.05) is 22.8 Å². The molecular formula is C20H29N3O3S. The van der Waals surface area contributed by atoms with E-state index >= 15 is 0 Å². The van der Waals surface area contributed by atoms with Crippen LogP contribution in [0.25, 0.3) is 0 Å². The summed E-state index contributed by atoms with van der Waals surface area (Å²) in [6, 6.07) is 10.3. The summed E-state index contributed by atoms with van der Waals surface area (Å²) in [5, 5.41) is 0.179. The Kier molecular flexibility index (Phi) is 6.68. The summed E-state index contributed by atoms with van der Waals surface area (Å²) >= 11 is 0. The average Bonchev–Trinajstić information content (AvgIpc) is 3.24. The second-order valence-corrected chi connectivity index (χ2v) is 9.30. The van der Waals surface area contributed by atoms with E-state index in [1.165, 1.54) is 11.8 Å². The Bertz CT molecular complexity index is 833. The normalized spacial score (nSPS) is 18.2. The Hall–Kier alpha value is -1.70. The zero-order valence-corrected chi connectivity index (χ0v) is 17.0. The van der Waals surface area contributed by atoms with Crippen LogP contribution in [-0.2, 0) is 34.1 Å². The van der Waals surface area contributed by atoms with Crippen LogP contribution in [0.5, 0.6) is 0 Å². The van der Waals surface area contributed by atoms with Gasteiger partial charge < -0.3 is 9.30 Å². The molecule has 0 saturated carbocycles. The Morgan fingerprint density at radius 1 is 1.26 bits per heavy atom. The lowest BCUT2D eigenvalue weighted by atomic mass is 10.1. The number of imidazole rings is 1. The second-order valence-electron chi connectivity index (χ2n) is 7.39. The molecule has 1 atom stereocenters. The molecule has 6 nitrogen and oxygen atoms in total. The Morgan fingerprint density at radius 2 is 2.04 bits per heavy atom. The highest BCUT2D eigenvalue weighted by molar-refractivity contribution is 7.90. The summed E-state index contributed by atoms with van der Waals surface area (Å²) in [7, 11) is -1.61. The smallest absolute Gasteiger partial charge is 0.227 e. The fourth-order valence-corrected chi connectivity index (χ4v) is 4.65. The van der Waals surface area contributed by atoms with Crippen LogP contribution in [0.1, 0.15) is 24.1 Å². The van der Waals surface area contributed by atoms with Crippen LogP contribution >= 0.6 is 0 Å². The molecule has 0 aliphatic carbocycles. The first-order valence-electron chi connectivity index (χ1n) is 9.47. The van der Waals surface area contributed by atoms with Gasteiger partial charge in [0, 0.05) is 33.0 Å². The van der Waals surface area contributed by atoms with Crippen molar-refractivity contribution < 1.29 is 13.2 Å². The predicted octanol–water partition coefficient (Wildman–Crippen LogP) is 2.39. The van der Waals surface area contributed by atoms with Crippen molar-refractivity contribution in [1.82, 2.24) is 14.5 Å². The Balaban J connectivity index is 1.69. The van der Waals surface area contributed by atoms with Crippen molar-refractivity contribution >= 4 is 9.84 Å². The molecule has 148 valence electrons. The SMILES string of the molecule is COCC1CCN(Cc2cnc(S(C)(=O)=O)n2CCCc2ccccc2)C1. The number of ether oxygens (including phenoxy) is 1. The number of aromatic nitrogens is 2. The van der Waals surface area contributed by atoms with Crippen molar-refractivity contribution in [2.45, 2.75) is 37.5 Å². The molecule has 1 aromatic carbocycles. The summed E-state index contributed by atoms with van der Waals surface area (Å²) in [4.78, 5) is 6.60. The monoisotopic (exact) mass is 391 g/mol. The van der Waals surface area contributed by atoms with E-state index in [2.05, 4.69) is 22.0 Å². The third kappa shape index (κ3) is 5.40. The highest BCUT2D eigenvalue weighted by Gasteiger charge is 2.25. The summed E-state index contributed by atoms with van der Waals surface area (Å²) in [5.74, 6) is 0.554. The molecule has 0 amide bonds. The lowest BCUT2D eigenvalue weighted by molar-refractivity contribution is 0.152. The van der Waals surface area contributed by atoms with E-state index < -0.39 is 9.84 Å². The van der Waals surface area contributed by atoms with Gasteiger partial charge in [-0.25, -0.2) is 13.4 Å². The molecule has 1 aliphatic rings. The number of aryl methyl sites for hydroxylation is 1. The molecule has 1 fully saturated rings. The number of benzene rings is 1. The van der Waals surface area contributed by atoms with Crippen molar-refractivity contribution in [2.24, 2.45) is 5.92 Å². The van der Waals surface area contributed by atoms with Gasteiger partial charge in [-0.2, -0.15) is 0 Å². The summed E-state index contributed by atoms with van der Waals surface area (Å²) < 4.78 is 31.5. The number of likely N-dealkylation sites (tertiary alicyclic amines) is 1. The van der Waals surface area contributed by atoms with Crippen LogP contribution in [-0.4, -0.2) is 55.9 Å². The first kappa shape index (κ1) is 20.0. The van der Waals surface area contributed by atoms with E-state index in [0.717, 1.165) is 51.2 Å². The average molecular weight is 392 g/mol. The van der Waals surface area contributed by atoms with Crippen LogP contribution < -0.4 is 0 Å². The Morgan fingerprint density at radius 3 is 2.74 bits per heavy atom. The van der Waals surface area contributed by atoms with Crippen LogP contribution in [0.3, 0.4) is 0 Å². The molecule has 1 aliphatic heterocycles. The van der Waals surface area contributed by atoms with E-state index in [0.29, 0.717) is 12.5 Å². The maximum Gasteiger partial charge on any atom is 0.227 e. The number of sulfone groups is 1. The lowest BCUT2D eigenvalue weighted by Gasteiger charge is -2.18. The van der Waals surface area contributed by atoms with Gasteiger partial charge in [0.2, 0.25) is 15.0 Å². The van der Waals surface area contributed by atoms with Gasteiger partial charge in [-0.1, -0.05) is 30.3 Å². The van der Waals surface area contributed by atoms with E-state index in [1.54, 1.807) is 13.3 Å². The molecule has 0 radical (unpaired) electrons. The van der Waals surface area contributed by atoms with Crippen LogP contribution in [0.2, 0.25) is 0 Å². The van der Waals surface area contributed by atoms with Gasteiger partial charge >= 0.3 is 0 Å². The minimum absolute atomic E-state index is 0.179. The van der Waals surface area contributed by atoms with E-state index in [-0.39, 0.29) is 5.16 Å². The number of nitrogens with zero attached hydrogens (tertiary/aromatic N) is 3. The molecule has 7 heteroatoms. The highest BCUT2D eigenvalue weighted by Crippen LogP contribution is 2.21. The molecule has 3 rings (SSSR count). The third-order valence-electron chi connectivity index (χ3n) is 5.08. The topological polar surface area (TPSA) is 64.4 Å². The zero-order valence-electron chi connectivity index (χ0n) is 16.2. The largest absolute Gasteiger partial charge is 0.384 e. The van der Waals surface area contributed by atoms with Gasteiger partial charge in [-0.3, -0.25) is 4.90 Å². The van der Waals surface area contributed by atoms with Crippen LogP contribution in [0, 0.1) is 5.92 Å². The van der Waals surface area contributed by atoms with Gasteiger partial charge in [-0.15, -0.1) is 0 Å². The Labute approximate surface area is 162 Å². The number of rotatable bonds is 9. The zero-order chi connectivity index (χ0) is 19.3. The molecule has 0 N–H and O–H groups in total. The van der Waals surface area contributed by atoms with E-state index in [9.17, 15) is 8.42 Å². The molecule has 2 aromatic rings. The molecule has 2 heterocycles. The van der Waals surface area contributed by atoms with Crippen LogP contribution in [0.4, 0.5) is 0 Å². The maximum atomic E-state index is 12.2. The second kappa shape index (κ2) is 8.99. The first-order chi connectivity index (χ1) is 13.0. The van der Waals surface area contributed by atoms with Crippen molar-refractivity contribution in [3.8, 4) is 0 Å². The van der Waals surface area contributed by atoms with E-state index in [4.69, 9.17) is 4.74 Å². The van der Waals surface area contributed by atoms with Crippen LogP contribution in [0.15, 0.2) is 41.7 Å². The summed E-state index contributed by atoms with van der Waals surface area (Å²) in [5.41, 5.74) is 2.24. The molecule has 1 saturated heterocycles. The third-order valence-corrected chi connectivity index (χ3v) is 6.07. The fraction of sp³-hybridized carbons (Fsp3) is 0.550. The minimum Gasteiger partial charge on any atom is -0.384 e. The molecule has 1 unspecified atom stereocenters. The van der Waals surface area contributed by atoms with Gasteiger partial charge in [0.15, 0.2) is 0 Å².